The summed E-state index contributed by atoms with van der Waals surface area (Å²) < 4.78 is 0. The zero-order valence-corrected chi connectivity index (χ0v) is 8.00. The number of aliphatic hydroxyl groups excluding tert-OH is 2. The predicted molar refractivity (Wildman–Crippen MR) is 52.9 cm³/mol. The van der Waals surface area contributed by atoms with E-state index in [0.717, 1.165) is 5.56 Å². The first kappa shape index (κ1) is 11.6. The topological polar surface area (TPSA) is 104 Å². The van der Waals surface area contributed by atoms with Gasteiger partial charge in [0, 0.05) is 6.54 Å². The lowest BCUT2D eigenvalue weighted by Crippen LogP contribution is -2.27. The molecule has 0 spiro atoms. The van der Waals surface area contributed by atoms with E-state index in [9.17, 15) is 9.90 Å². The minimum atomic E-state index is -1.81. The summed E-state index contributed by atoms with van der Waals surface area (Å²) in [7, 11) is 0. The third-order valence-corrected chi connectivity index (χ3v) is 2.11. The first-order chi connectivity index (χ1) is 7.06. The van der Waals surface area contributed by atoms with E-state index in [1.54, 1.807) is 24.3 Å². The molecule has 0 saturated heterocycles. The third-order valence-electron chi connectivity index (χ3n) is 2.11. The van der Waals surface area contributed by atoms with Crippen molar-refractivity contribution in [1.29, 1.82) is 0 Å². The Morgan fingerprint density at radius 2 is 1.80 bits per heavy atom. The van der Waals surface area contributed by atoms with Gasteiger partial charge in [0.1, 0.15) is 6.10 Å². The van der Waals surface area contributed by atoms with Crippen molar-refractivity contribution in [2.75, 3.05) is 0 Å². The Morgan fingerprint density at radius 1 is 1.27 bits per heavy atom. The van der Waals surface area contributed by atoms with Crippen LogP contribution < -0.4 is 5.73 Å². The Balaban J connectivity index is 2.82. The summed E-state index contributed by atoms with van der Waals surface area (Å²) in [5, 5.41) is 27.0. The fraction of sp³-hybridized carbons (Fsp3) is 0.300. The number of aliphatic carboxylic acids is 1. The summed E-state index contributed by atoms with van der Waals surface area (Å²) >= 11 is 0. The number of hydrogen-bond acceptors (Lipinski definition) is 4. The van der Waals surface area contributed by atoms with Crippen molar-refractivity contribution in [3.8, 4) is 0 Å². The van der Waals surface area contributed by atoms with Gasteiger partial charge < -0.3 is 21.1 Å². The lowest BCUT2D eigenvalue weighted by Gasteiger charge is -2.14. The quantitative estimate of drug-likeness (QED) is 0.543. The molecule has 1 rings (SSSR count). The van der Waals surface area contributed by atoms with Gasteiger partial charge in [0.25, 0.3) is 0 Å². The van der Waals surface area contributed by atoms with Gasteiger partial charge in [-0.2, -0.15) is 0 Å². The zero-order valence-electron chi connectivity index (χ0n) is 8.00. The molecule has 0 aromatic heterocycles. The highest BCUT2D eigenvalue weighted by Gasteiger charge is 2.24. The Labute approximate surface area is 86.8 Å². The molecule has 0 saturated carbocycles. The molecule has 15 heavy (non-hydrogen) atoms. The Hall–Kier alpha value is -1.43. The van der Waals surface area contributed by atoms with Crippen molar-refractivity contribution in [3.63, 3.8) is 0 Å². The van der Waals surface area contributed by atoms with Crippen molar-refractivity contribution in [1.82, 2.24) is 0 Å². The molecule has 0 aliphatic heterocycles. The molecule has 0 amide bonds. The van der Waals surface area contributed by atoms with Crippen LogP contribution in [-0.4, -0.2) is 27.4 Å². The molecule has 2 atom stereocenters. The number of benzene rings is 1. The molecule has 1 aromatic rings. The largest absolute Gasteiger partial charge is 0.479 e. The molecule has 5 nitrogen and oxygen atoms in total. The second-order valence-electron chi connectivity index (χ2n) is 3.17. The molecule has 2 unspecified atom stereocenters. The van der Waals surface area contributed by atoms with E-state index in [0.29, 0.717) is 12.1 Å². The standard InChI is InChI=1S/C10H13NO4/c11-5-6-1-3-7(4-2-6)8(12)9(13)10(14)15/h1-4,8-9,12-13H,5,11H2,(H,14,15). The molecule has 5 heteroatoms. The first-order valence-electron chi connectivity index (χ1n) is 4.44. The highest BCUT2D eigenvalue weighted by atomic mass is 16.4. The maximum absolute atomic E-state index is 10.4. The smallest absolute Gasteiger partial charge is 0.335 e. The van der Waals surface area contributed by atoms with Crippen LogP contribution in [0.25, 0.3) is 0 Å². The highest BCUT2D eigenvalue weighted by Crippen LogP contribution is 2.17. The van der Waals surface area contributed by atoms with E-state index in [1.165, 1.54) is 0 Å². The summed E-state index contributed by atoms with van der Waals surface area (Å²) in [6, 6.07) is 6.43. The normalized spacial score (nSPS) is 14.6. The Morgan fingerprint density at radius 3 is 2.20 bits per heavy atom. The van der Waals surface area contributed by atoms with E-state index in [-0.39, 0.29) is 0 Å². The molecule has 0 fully saturated rings. The predicted octanol–water partition coefficient (Wildman–Crippen LogP) is -0.376. The van der Waals surface area contributed by atoms with Crippen LogP contribution in [0, 0.1) is 0 Å². The second kappa shape index (κ2) is 4.88. The molecule has 5 N–H and O–H groups in total. The maximum atomic E-state index is 10.4. The van der Waals surface area contributed by atoms with E-state index in [1.807, 2.05) is 0 Å². The van der Waals surface area contributed by atoms with Gasteiger partial charge in [-0.3, -0.25) is 0 Å². The Bertz CT molecular complexity index is 336. The van der Waals surface area contributed by atoms with E-state index >= 15 is 0 Å². The monoisotopic (exact) mass is 211 g/mol. The van der Waals surface area contributed by atoms with Gasteiger partial charge >= 0.3 is 5.97 Å². The molecule has 1 aromatic carbocycles. The average Bonchev–Trinajstić information content (AvgIpc) is 2.27. The van der Waals surface area contributed by atoms with Crippen LogP contribution in [0.15, 0.2) is 24.3 Å². The van der Waals surface area contributed by atoms with Gasteiger partial charge in [0.2, 0.25) is 0 Å². The van der Waals surface area contributed by atoms with Crippen LogP contribution in [0.4, 0.5) is 0 Å². The molecule has 0 radical (unpaired) electrons. The first-order valence-corrected chi connectivity index (χ1v) is 4.44. The fourth-order valence-electron chi connectivity index (χ4n) is 1.17. The van der Waals surface area contributed by atoms with Crippen LogP contribution in [0.1, 0.15) is 17.2 Å². The molecule has 0 bridgehead atoms. The van der Waals surface area contributed by atoms with Crippen LogP contribution in [0.2, 0.25) is 0 Å². The third kappa shape index (κ3) is 2.76. The average molecular weight is 211 g/mol. The SMILES string of the molecule is NCc1ccc(C(O)C(O)C(=O)O)cc1. The number of carbonyl (C=O) groups is 1. The maximum Gasteiger partial charge on any atom is 0.335 e. The van der Waals surface area contributed by atoms with Gasteiger partial charge in [-0.1, -0.05) is 24.3 Å². The molecule has 82 valence electrons. The molecular weight excluding hydrogens is 198 g/mol. The van der Waals surface area contributed by atoms with Crippen molar-refractivity contribution in [2.24, 2.45) is 5.73 Å². The van der Waals surface area contributed by atoms with Gasteiger partial charge in [-0.05, 0) is 11.1 Å². The molecular formula is C10H13NO4. The van der Waals surface area contributed by atoms with E-state index in [2.05, 4.69) is 0 Å². The van der Waals surface area contributed by atoms with Gasteiger partial charge in [0.05, 0.1) is 0 Å². The van der Waals surface area contributed by atoms with Gasteiger partial charge in [-0.25, -0.2) is 4.79 Å². The number of aliphatic hydroxyl groups is 2. The van der Waals surface area contributed by atoms with Gasteiger partial charge in [-0.15, -0.1) is 0 Å². The van der Waals surface area contributed by atoms with Crippen molar-refractivity contribution in [2.45, 2.75) is 18.8 Å². The number of hydrogen-bond donors (Lipinski definition) is 4. The minimum absolute atomic E-state index is 0.349. The van der Waals surface area contributed by atoms with E-state index in [4.69, 9.17) is 15.9 Å². The summed E-state index contributed by atoms with van der Waals surface area (Å²) in [5.74, 6) is -1.45. The lowest BCUT2D eigenvalue weighted by molar-refractivity contribution is -0.153. The summed E-state index contributed by atoms with van der Waals surface area (Å²) in [6.07, 6.45) is -3.23. The number of rotatable bonds is 4. The second-order valence-corrected chi connectivity index (χ2v) is 3.17. The van der Waals surface area contributed by atoms with Crippen LogP contribution in [-0.2, 0) is 11.3 Å². The molecule has 0 aliphatic rings. The summed E-state index contributed by atoms with van der Waals surface area (Å²) in [6.45, 7) is 0.373. The van der Waals surface area contributed by atoms with E-state index < -0.39 is 18.2 Å². The van der Waals surface area contributed by atoms with Crippen LogP contribution >= 0.6 is 0 Å². The molecule has 0 heterocycles. The van der Waals surface area contributed by atoms with Crippen molar-refractivity contribution >= 4 is 5.97 Å². The summed E-state index contributed by atoms with van der Waals surface area (Å²) in [5.41, 5.74) is 6.60. The van der Waals surface area contributed by atoms with Crippen LogP contribution in [0.5, 0.6) is 0 Å². The van der Waals surface area contributed by atoms with Crippen molar-refractivity contribution < 1.29 is 20.1 Å². The minimum Gasteiger partial charge on any atom is -0.479 e. The summed E-state index contributed by atoms with van der Waals surface area (Å²) in [4.78, 5) is 10.4. The zero-order chi connectivity index (χ0) is 11.4. The fourth-order valence-corrected chi connectivity index (χ4v) is 1.17. The molecule has 0 aliphatic carbocycles. The van der Waals surface area contributed by atoms with Crippen LogP contribution in [0.3, 0.4) is 0 Å². The number of carboxylic acid groups (broad SMARTS) is 1. The Kier molecular flexibility index (Phi) is 3.79. The van der Waals surface area contributed by atoms with Gasteiger partial charge in [0.15, 0.2) is 6.10 Å². The lowest BCUT2D eigenvalue weighted by atomic mass is 10.0. The van der Waals surface area contributed by atoms with Crippen molar-refractivity contribution in [3.05, 3.63) is 35.4 Å². The number of nitrogens with two attached hydrogens (primary N) is 1. The highest BCUT2D eigenvalue weighted by molar-refractivity contribution is 5.73. The number of carboxylic acids is 1.